The van der Waals surface area contributed by atoms with E-state index in [1.807, 2.05) is 0 Å². The van der Waals surface area contributed by atoms with Gasteiger partial charge in [0.2, 0.25) is 0 Å². The SMILES string of the molecule is FC(F)(F)c1ccc(P2Cc3cccc4c3C3(CC4)CCc4cccc(c43)C2)cc1. The van der Waals surface area contributed by atoms with Gasteiger partial charge in [0.05, 0.1) is 5.56 Å². The van der Waals surface area contributed by atoms with Crippen LogP contribution in [0, 0.1) is 0 Å². The van der Waals surface area contributed by atoms with Crippen molar-refractivity contribution in [2.75, 3.05) is 0 Å². The summed E-state index contributed by atoms with van der Waals surface area (Å²) in [6.45, 7) is 0. The van der Waals surface area contributed by atoms with E-state index in [2.05, 4.69) is 36.4 Å². The van der Waals surface area contributed by atoms with Gasteiger partial charge in [0.15, 0.2) is 0 Å². The van der Waals surface area contributed by atoms with Crippen molar-refractivity contribution in [2.24, 2.45) is 0 Å². The fraction of sp³-hybridized carbons (Fsp3) is 0.308. The van der Waals surface area contributed by atoms with E-state index in [1.165, 1.54) is 47.2 Å². The van der Waals surface area contributed by atoms with Crippen LogP contribution in [0.5, 0.6) is 0 Å². The lowest BCUT2D eigenvalue weighted by molar-refractivity contribution is -0.137. The van der Waals surface area contributed by atoms with Gasteiger partial charge in [-0.3, -0.25) is 0 Å². The molecule has 1 aliphatic heterocycles. The first-order valence-electron chi connectivity index (χ1n) is 10.6. The molecule has 0 radical (unpaired) electrons. The molecule has 0 saturated heterocycles. The van der Waals surface area contributed by atoms with Crippen LogP contribution >= 0.6 is 7.92 Å². The summed E-state index contributed by atoms with van der Waals surface area (Å²) in [5.41, 5.74) is 8.54. The minimum Gasteiger partial charge on any atom is -0.166 e. The first-order chi connectivity index (χ1) is 14.5. The highest BCUT2D eigenvalue weighted by Crippen LogP contribution is 2.59. The summed E-state index contributed by atoms with van der Waals surface area (Å²) in [6, 6.07) is 19.4. The van der Waals surface area contributed by atoms with Gasteiger partial charge in [-0.1, -0.05) is 56.5 Å². The Morgan fingerprint density at radius 1 is 0.667 bits per heavy atom. The van der Waals surface area contributed by atoms with Crippen molar-refractivity contribution in [1.29, 1.82) is 0 Å². The van der Waals surface area contributed by atoms with Crippen molar-refractivity contribution in [3.63, 3.8) is 0 Å². The Hall–Kier alpha value is -2.12. The van der Waals surface area contributed by atoms with Gasteiger partial charge in [-0.25, -0.2) is 0 Å². The monoisotopic (exact) mass is 422 g/mol. The van der Waals surface area contributed by atoms with Crippen molar-refractivity contribution < 1.29 is 13.2 Å². The molecule has 1 spiro atoms. The minimum atomic E-state index is -4.28. The van der Waals surface area contributed by atoms with Gasteiger partial charge in [-0.2, -0.15) is 13.2 Å². The van der Waals surface area contributed by atoms with E-state index in [0.717, 1.165) is 30.5 Å². The maximum absolute atomic E-state index is 13.1. The lowest BCUT2D eigenvalue weighted by Crippen LogP contribution is -2.26. The summed E-state index contributed by atoms with van der Waals surface area (Å²) < 4.78 is 39.2. The van der Waals surface area contributed by atoms with Gasteiger partial charge >= 0.3 is 6.18 Å². The summed E-state index contributed by atoms with van der Waals surface area (Å²) in [4.78, 5) is 0. The molecule has 3 aromatic carbocycles. The fourth-order valence-corrected chi connectivity index (χ4v) is 8.57. The molecule has 3 aliphatic rings. The van der Waals surface area contributed by atoms with Gasteiger partial charge in [0, 0.05) is 5.41 Å². The van der Waals surface area contributed by atoms with E-state index < -0.39 is 19.7 Å². The number of halogens is 3. The highest BCUT2D eigenvalue weighted by molar-refractivity contribution is 7.64. The zero-order valence-corrected chi connectivity index (χ0v) is 17.5. The summed E-state index contributed by atoms with van der Waals surface area (Å²) in [6.07, 6.45) is 2.28. The van der Waals surface area contributed by atoms with Crippen LogP contribution < -0.4 is 5.30 Å². The summed E-state index contributed by atoms with van der Waals surface area (Å²) in [5, 5.41) is 1.07. The molecule has 0 N–H and O–H groups in total. The molecule has 0 fully saturated rings. The number of hydrogen-bond donors (Lipinski definition) is 0. The van der Waals surface area contributed by atoms with Crippen molar-refractivity contribution in [2.45, 2.75) is 49.6 Å². The van der Waals surface area contributed by atoms with E-state index in [0.29, 0.717) is 0 Å². The van der Waals surface area contributed by atoms with Crippen LogP contribution in [0.1, 0.15) is 51.8 Å². The molecule has 0 aromatic heterocycles. The molecule has 0 amide bonds. The summed E-state index contributed by atoms with van der Waals surface area (Å²) >= 11 is 0. The average Bonchev–Trinajstić information content (AvgIpc) is 3.29. The standard InChI is InChI=1S/C26H22F3P/c27-26(28,29)21-7-9-22(10-8-21)30-15-19-5-1-3-17-11-13-25(23(17)19)14-12-18-4-2-6-20(16-30)24(18)25/h1-10H,11-16H2. The highest BCUT2D eigenvalue weighted by atomic mass is 31.1. The molecular weight excluding hydrogens is 400 g/mol. The summed E-state index contributed by atoms with van der Waals surface area (Å²) in [7, 11) is -0.610. The molecule has 1 heterocycles. The molecule has 0 nitrogen and oxygen atoms in total. The topological polar surface area (TPSA) is 0 Å². The van der Waals surface area contributed by atoms with E-state index in [1.54, 1.807) is 23.3 Å². The molecule has 0 atom stereocenters. The third-order valence-corrected chi connectivity index (χ3v) is 9.83. The molecule has 6 rings (SSSR count). The molecule has 3 aromatic rings. The lowest BCUT2D eigenvalue weighted by Gasteiger charge is -2.35. The quantitative estimate of drug-likeness (QED) is 0.383. The summed E-state index contributed by atoms with van der Waals surface area (Å²) in [5.74, 6) is 0. The van der Waals surface area contributed by atoms with Crippen LogP contribution in [0.2, 0.25) is 0 Å². The second kappa shape index (κ2) is 6.44. The number of hydrogen-bond acceptors (Lipinski definition) is 0. The first kappa shape index (κ1) is 18.6. The maximum atomic E-state index is 13.1. The van der Waals surface area contributed by atoms with Gasteiger partial charge in [0.1, 0.15) is 0 Å². The third-order valence-electron chi connectivity index (χ3n) is 7.36. The Morgan fingerprint density at radius 2 is 1.17 bits per heavy atom. The van der Waals surface area contributed by atoms with E-state index in [-0.39, 0.29) is 5.41 Å². The van der Waals surface area contributed by atoms with Crippen molar-refractivity contribution in [1.82, 2.24) is 0 Å². The average molecular weight is 422 g/mol. The third kappa shape index (κ3) is 2.64. The van der Waals surface area contributed by atoms with Gasteiger partial charge in [-0.05, 0) is 88.8 Å². The van der Waals surface area contributed by atoms with E-state index >= 15 is 0 Å². The van der Waals surface area contributed by atoms with Crippen LogP contribution in [0.25, 0.3) is 0 Å². The van der Waals surface area contributed by atoms with Gasteiger partial charge in [-0.15, -0.1) is 0 Å². The highest BCUT2D eigenvalue weighted by Gasteiger charge is 2.48. The zero-order chi connectivity index (χ0) is 20.5. The second-order valence-electron chi connectivity index (χ2n) is 8.89. The molecule has 30 heavy (non-hydrogen) atoms. The van der Waals surface area contributed by atoms with E-state index in [4.69, 9.17) is 0 Å². The Morgan fingerprint density at radius 3 is 1.67 bits per heavy atom. The molecular formula is C26H22F3P. The fourth-order valence-electron chi connectivity index (χ4n) is 6.17. The predicted molar refractivity (Wildman–Crippen MR) is 116 cm³/mol. The molecule has 2 aliphatic carbocycles. The number of alkyl halides is 3. The van der Waals surface area contributed by atoms with Crippen LogP contribution in [-0.2, 0) is 36.8 Å². The lowest BCUT2D eigenvalue weighted by atomic mass is 9.73. The second-order valence-corrected chi connectivity index (χ2v) is 11.1. The molecule has 0 unspecified atom stereocenters. The number of rotatable bonds is 1. The van der Waals surface area contributed by atoms with Crippen LogP contribution in [0.3, 0.4) is 0 Å². The smallest absolute Gasteiger partial charge is 0.166 e. The Bertz CT molecular complexity index is 1080. The Balaban J connectivity index is 1.52. The minimum absolute atomic E-state index is 0.166. The Kier molecular flexibility index (Phi) is 4.00. The van der Waals surface area contributed by atoms with Crippen LogP contribution in [-0.4, -0.2) is 0 Å². The van der Waals surface area contributed by atoms with Crippen molar-refractivity contribution in [3.05, 3.63) is 99.6 Å². The molecule has 0 bridgehead atoms. The first-order valence-corrected chi connectivity index (χ1v) is 12.3. The normalized spacial score (nSPS) is 19.2. The number of aryl methyl sites for hydroxylation is 2. The van der Waals surface area contributed by atoms with E-state index in [9.17, 15) is 13.2 Å². The largest absolute Gasteiger partial charge is 0.416 e. The van der Waals surface area contributed by atoms with Gasteiger partial charge < -0.3 is 0 Å². The zero-order valence-electron chi connectivity index (χ0n) is 16.6. The molecule has 4 heteroatoms. The maximum Gasteiger partial charge on any atom is 0.416 e. The van der Waals surface area contributed by atoms with Crippen LogP contribution in [0.4, 0.5) is 13.2 Å². The Labute approximate surface area is 175 Å². The van der Waals surface area contributed by atoms with Crippen molar-refractivity contribution >= 4 is 13.2 Å². The molecule has 0 saturated carbocycles. The van der Waals surface area contributed by atoms with Crippen LogP contribution in [0.15, 0.2) is 60.7 Å². The number of benzene rings is 3. The predicted octanol–water partition coefficient (Wildman–Crippen LogP) is 6.70. The van der Waals surface area contributed by atoms with Crippen molar-refractivity contribution in [3.8, 4) is 0 Å². The van der Waals surface area contributed by atoms with Gasteiger partial charge in [0.25, 0.3) is 0 Å². The molecule has 152 valence electrons.